The van der Waals surface area contributed by atoms with Crippen molar-refractivity contribution in [2.24, 2.45) is 11.7 Å². The van der Waals surface area contributed by atoms with E-state index in [1.807, 2.05) is 20.8 Å². The van der Waals surface area contributed by atoms with Crippen LogP contribution in [0.2, 0.25) is 0 Å². The van der Waals surface area contributed by atoms with Gasteiger partial charge < -0.3 is 20.5 Å². The minimum absolute atomic E-state index is 0.0929. The van der Waals surface area contributed by atoms with E-state index < -0.39 is 17.1 Å². The van der Waals surface area contributed by atoms with E-state index in [4.69, 9.17) is 10.5 Å². The number of piperidine rings is 1. The zero-order valence-corrected chi connectivity index (χ0v) is 11.7. The van der Waals surface area contributed by atoms with Gasteiger partial charge in [-0.1, -0.05) is 0 Å². The van der Waals surface area contributed by atoms with Gasteiger partial charge in [-0.3, -0.25) is 4.79 Å². The van der Waals surface area contributed by atoms with E-state index in [1.54, 1.807) is 4.90 Å². The summed E-state index contributed by atoms with van der Waals surface area (Å²) in [6.07, 6.45) is 1.47. The number of carbonyl (C=O) groups excluding carboxylic acids is 1. The number of hydrogen-bond donors (Lipinski definition) is 2. The molecule has 6 nitrogen and oxygen atoms in total. The van der Waals surface area contributed by atoms with E-state index in [-0.39, 0.29) is 24.5 Å². The van der Waals surface area contributed by atoms with Gasteiger partial charge in [-0.25, -0.2) is 4.79 Å². The van der Waals surface area contributed by atoms with E-state index in [9.17, 15) is 14.7 Å². The SMILES string of the molecule is CC(C)(C)OC(=O)N1CCC(N)(C(=O)O)C2CCC21. The Bertz CT molecular complexity index is 404. The standard InChI is InChI=1S/C13H22N2O4/c1-12(2,3)19-11(18)15-7-6-13(14,10(16)17)8-4-5-9(8)15/h8-9H,4-7,14H2,1-3H3,(H,16,17). The molecule has 108 valence electrons. The zero-order valence-electron chi connectivity index (χ0n) is 11.7. The van der Waals surface area contributed by atoms with Crippen molar-refractivity contribution in [3.63, 3.8) is 0 Å². The molecule has 1 saturated heterocycles. The summed E-state index contributed by atoms with van der Waals surface area (Å²) >= 11 is 0. The number of amides is 1. The number of rotatable bonds is 1. The van der Waals surface area contributed by atoms with Crippen LogP contribution in [0.4, 0.5) is 4.79 Å². The number of ether oxygens (including phenoxy) is 1. The summed E-state index contributed by atoms with van der Waals surface area (Å²) in [5.41, 5.74) is 4.26. The first-order valence-corrected chi connectivity index (χ1v) is 6.67. The van der Waals surface area contributed by atoms with Gasteiger partial charge in [0.2, 0.25) is 0 Å². The van der Waals surface area contributed by atoms with Crippen LogP contribution in [0, 0.1) is 5.92 Å². The van der Waals surface area contributed by atoms with Gasteiger partial charge in [0.1, 0.15) is 11.1 Å². The summed E-state index contributed by atoms with van der Waals surface area (Å²) in [4.78, 5) is 25.1. The second-order valence-electron chi connectivity index (χ2n) is 6.52. The van der Waals surface area contributed by atoms with Crippen LogP contribution in [-0.4, -0.2) is 45.8 Å². The van der Waals surface area contributed by atoms with Gasteiger partial charge in [0.05, 0.1) is 0 Å². The quantitative estimate of drug-likeness (QED) is 0.746. The molecule has 1 aliphatic heterocycles. The fourth-order valence-electron chi connectivity index (χ4n) is 2.93. The molecule has 1 saturated carbocycles. The van der Waals surface area contributed by atoms with E-state index in [0.717, 1.165) is 12.8 Å². The third kappa shape index (κ3) is 2.41. The monoisotopic (exact) mass is 270 g/mol. The van der Waals surface area contributed by atoms with Crippen molar-refractivity contribution in [1.29, 1.82) is 0 Å². The molecule has 1 amide bonds. The molecule has 2 aliphatic rings. The summed E-state index contributed by atoms with van der Waals surface area (Å²) in [5, 5.41) is 9.27. The summed E-state index contributed by atoms with van der Waals surface area (Å²) < 4.78 is 5.36. The molecule has 3 atom stereocenters. The molecule has 3 unspecified atom stereocenters. The third-order valence-electron chi connectivity index (χ3n) is 4.09. The highest BCUT2D eigenvalue weighted by Crippen LogP contribution is 2.44. The molecule has 6 heteroatoms. The third-order valence-corrected chi connectivity index (χ3v) is 4.09. The first-order valence-electron chi connectivity index (χ1n) is 6.67. The van der Waals surface area contributed by atoms with Crippen molar-refractivity contribution in [2.75, 3.05) is 6.54 Å². The number of nitrogens with two attached hydrogens (primary N) is 1. The molecule has 0 aromatic carbocycles. The highest BCUT2D eigenvalue weighted by molar-refractivity contribution is 5.80. The predicted octanol–water partition coefficient (Wildman–Crippen LogP) is 1.19. The highest BCUT2D eigenvalue weighted by atomic mass is 16.6. The molecule has 0 aromatic heterocycles. The number of carboxylic acids is 1. The minimum atomic E-state index is -1.19. The lowest BCUT2D eigenvalue weighted by Crippen LogP contribution is -2.70. The second kappa shape index (κ2) is 4.37. The molecule has 1 heterocycles. The van der Waals surface area contributed by atoms with Crippen molar-refractivity contribution >= 4 is 12.1 Å². The largest absolute Gasteiger partial charge is 0.480 e. The fraction of sp³-hybridized carbons (Fsp3) is 0.846. The van der Waals surface area contributed by atoms with Gasteiger partial charge in [0, 0.05) is 18.5 Å². The molecule has 0 spiro atoms. The predicted molar refractivity (Wildman–Crippen MR) is 68.6 cm³/mol. The Hall–Kier alpha value is -1.30. The molecular formula is C13H22N2O4. The Kier molecular flexibility index (Phi) is 3.24. The summed E-state index contributed by atoms with van der Waals surface area (Å²) in [7, 11) is 0. The van der Waals surface area contributed by atoms with Gasteiger partial charge in [-0.05, 0) is 40.0 Å². The van der Waals surface area contributed by atoms with Crippen molar-refractivity contribution in [2.45, 2.75) is 57.2 Å². The van der Waals surface area contributed by atoms with Gasteiger partial charge in [0.15, 0.2) is 0 Å². The molecule has 0 bridgehead atoms. The topological polar surface area (TPSA) is 92.9 Å². The number of aliphatic carboxylic acids is 1. The first-order chi connectivity index (χ1) is 8.65. The molecule has 0 aromatic rings. The molecule has 3 N–H and O–H groups in total. The lowest BCUT2D eigenvalue weighted by molar-refractivity contribution is -0.154. The number of nitrogens with zero attached hydrogens (tertiary/aromatic N) is 1. The van der Waals surface area contributed by atoms with Crippen LogP contribution in [0.15, 0.2) is 0 Å². The number of carbonyl (C=O) groups is 2. The zero-order chi connectivity index (χ0) is 14.4. The van der Waals surface area contributed by atoms with Crippen LogP contribution in [-0.2, 0) is 9.53 Å². The fourth-order valence-corrected chi connectivity index (χ4v) is 2.93. The molecule has 2 fully saturated rings. The van der Waals surface area contributed by atoms with Crippen LogP contribution in [0.5, 0.6) is 0 Å². The van der Waals surface area contributed by atoms with Gasteiger partial charge in [-0.2, -0.15) is 0 Å². The average molecular weight is 270 g/mol. The van der Waals surface area contributed by atoms with Gasteiger partial charge >= 0.3 is 12.1 Å². The van der Waals surface area contributed by atoms with E-state index in [1.165, 1.54) is 0 Å². The second-order valence-corrected chi connectivity index (χ2v) is 6.52. The Morgan fingerprint density at radius 2 is 2.00 bits per heavy atom. The minimum Gasteiger partial charge on any atom is -0.480 e. The molecule has 0 radical (unpaired) electrons. The van der Waals surface area contributed by atoms with Crippen LogP contribution >= 0.6 is 0 Å². The first kappa shape index (κ1) is 14.1. The van der Waals surface area contributed by atoms with Crippen LogP contribution < -0.4 is 5.73 Å². The summed E-state index contributed by atoms with van der Waals surface area (Å²) in [6.45, 7) is 5.80. The van der Waals surface area contributed by atoms with E-state index in [2.05, 4.69) is 0 Å². The van der Waals surface area contributed by atoms with Crippen LogP contribution in [0.25, 0.3) is 0 Å². The normalized spacial score (nSPS) is 34.2. The summed E-state index contributed by atoms with van der Waals surface area (Å²) in [5.74, 6) is -1.13. The number of fused-ring (bicyclic) bond motifs is 1. The van der Waals surface area contributed by atoms with Gasteiger partial charge in [0.25, 0.3) is 0 Å². The Balaban J connectivity index is 2.09. The Morgan fingerprint density at radius 3 is 2.42 bits per heavy atom. The molecular weight excluding hydrogens is 248 g/mol. The van der Waals surface area contributed by atoms with Crippen molar-refractivity contribution in [3.05, 3.63) is 0 Å². The van der Waals surface area contributed by atoms with Crippen LogP contribution in [0.1, 0.15) is 40.0 Å². The smallest absolute Gasteiger partial charge is 0.410 e. The molecule has 1 aliphatic carbocycles. The molecule has 2 rings (SSSR count). The Morgan fingerprint density at radius 1 is 1.37 bits per heavy atom. The molecule has 19 heavy (non-hydrogen) atoms. The van der Waals surface area contributed by atoms with E-state index in [0.29, 0.717) is 6.54 Å². The van der Waals surface area contributed by atoms with Crippen molar-refractivity contribution in [1.82, 2.24) is 4.90 Å². The Labute approximate surface area is 112 Å². The van der Waals surface area contributed by atoms with Gasteiger partial charge in [-0.15, -0.1) is 0 Å². The van der Waals surface area contributed by atoms with Crippen molar-refractivity contribution < 1.29 is 19.4 Å². The van der Waals surface area contributed by atoms with Crippen molar-refractivity contribution in [3.8, 4) is 0 Å². The van der Waals surface area contributed by atoms with Crippen LogP contribution in [0.3, 0.4) is 0 Å². The maximum atomic E-state index is 12.1. The highest BCUT2D eigenvalue weighted by Gasteiger charge is 2.56. The maximum absolute atomic E-state index is 12.1. The summed E-state index contributed by atoms with van der Waals surface area (Å²) in [6, 6.07) is -0.0929. The average Bonchev–Trinajstić information content (AvgIpc) is 2.17. The number of likely N-dealkylation sites (tertiary alicyclic amines) is 1. The maximum Gasteiger partial charge on any atom is 0.410 e. The van der Waals surface area contributed by atoms with E-state index >= 15 is 0 Å². The number of carboxylic acid groups (broad SMARTS) is 1. The lowest BCUT2D eigenvalue weighted by Gasteiger charge is -2.54. The lowest BCUT2D eigenvalue weighted by atomic mass is 9.63. The number of hydrogen-bond acceptors (Lipinski definition) is 4.